The van der Waals surface area contributed by atoms with Gasteiger partial charge in [-0.3, -0.25) is 14.4 Å². The number of aliphatic carboxylic acids is 1. The summed E-state index contributed by atoms with van der Waals surface area (Å²) in [5, 5.41) is 21.4. The summed E-state index contributed by atoms with van der Waals surface area (Å²) in [6.45, 7) is -0.649. The van der Waals surface area contributed by atoms with Gasteiger partial charge in [0.2, 0.25) is 5.78 Å². The summed E-state index contributed by atoms with van der Waals surface area (Å²) in [6, 6.07) is 11.8. The van der Waals surface area contributed by atoms with Gasteiger partial charge in [-0.25, -0.2) is 0 Å². The maximum absolute atomic E-state index is 12.5. The van der Waals surface area contributed by atoms with Gasteiger partial charge in [0.05, 0.1) is 0 Å². The van der Waals surface area contributed by atoms with Crippen molar-refractivity contribution in [2.24, 2.45) is 0 Å². The number of nitrogens with one attached hydrogen (secondary N) is 1. The van der Waals surface area contributed by atoms with Crippen molar-refractivity contribution in [2.45, 2.75) is 0 Å². The molecule has 0 aliphatic heterocycles. The van der Waals surface area contributed by atoms with Crippen LogP contribution in [0.5, 0.6) is 0 Å². The number of ketones is 1. The fourth-order valence-corrected chi connectivity index (χ4v) is 2.88. The molecule has 2 aromatic carbocycles. The van der Waals surface area contributed by atoms with Crippen LogP contribution >= 0.6 is 11.6 Å². The summed E-state index contributed by atoms with van der Waals surface area (Å²) in [4.78, 5) is 35.1. The zero-order chi connectivity index (χ0) is 18.1. The Morgan fingerprint density at radius 2 is 1.76 bits per heavy atom. The number of carbonyl (C=O) groups is 3. The molecule has 0 spiro atoms. The molecule has 0 unspecified atom stereocenters. The maximum atomic E-state index is 12.5. The number of rotatable bonds is 4. The molecule has 0 bridgehead atoms. The van der Waals surface area contributed by atoms with Gasteiger partial charge in [0.25, 0.3) is 5.91 Å². The van der Waals surface area contributed by atoms with Gasteiger partial charge in [-0.05, 0) is 23.8 Å². The van der Waals surface area contributed by atoms with Crippen LogP contribution in [0.2, 0.25) is 5.02 Å². The minimum atomic E-state index is -1.25. The summed E-state index contributed by atoms with van der Waals surface area (Å²) in [5.41, 5.74) is 1.30. The molecule has 6 nitrogen and oxygen atoms in total. The molecule has 2 aromatic rings. The maximum Gasteiger partial charge on any atom is 0.322 e. The Bertz CT molecular complexity index is 948. The second-order valence-corrected chi connectivity index (χ2v) is 5.78. The second-order valence-electron chi connectivity index (χ2n) is 5.37. The van der Waals surface area contributed by atoms with E-state index in [0.717, 1.165) is 0 Å². The smallest absolute Gasteiger partial charge is 0.322 e. The third kappa shape index (κ3) is 2.99. The predicted octanol–water partition coefficient (Wildman–Crippen LogP) is 2.67. The van der Waals surface area contributed by atoms with Crippen LogP contribution in [0.1, 0.15) is 15.9 Å². The first-order chi connectivity index (χ1) is 11.9. The molecule has 0 aromatic heterocycles. The number of hydrogen-bond donors (Lipinski definition) is 3. The molecule has 1 aliphatic carbocycles. The molecule has 0 saturated carbocycles. The van der Waals surface area contributed by atoms with E-state index in [1.807, 2.05) is 0 Å². The molecular formula is C18H12ClNO5. The van der Waals surface area contributed by atoms with Gasteiger partial charge in [-0.2, -0.15) is 0 Å². The Morgan fingerprint density at radius 3 is 2.44 bits per heavy atom. The number of hydrogen-bond acceptors (Lipinski definition) is 4. The number of halogens is 1. The Morgan fingerprint density at radius 1 is 1.04 bits per heavy atom. The average molecular weight is 358 g/mol. The van der Waals surface area contributed by atoms with Crippen LogP contribution in [-0.2, 0) is 9.59 Å². The first kappa shape index (κ1) is 16.7. The molecule has 0 fully saturated rings. The van der Waals surface area contributed by atoms with Crippen molar-refractivity contribution in [1.82, 2.24) is 5.32 Å². The third-order valence-corrected chi connectivity index (χ3v) is 4.12. The van der Waals surface area contributed by atoms with Crippen molar-refractivity contribution in [1.29, 1.82) is 0 Å². The minimum absolute atomic E-state index is 0.162. The molecule has 3 N–H and O–H groups in total. The summed E-state index contributed by atoms with van der Waals surface area (Å²) in [5.74, 6) is -3.31. The molecule has 3 rings (SSSR count). The lowest BCUT2D eigenvalue weighted by Gasteiger charge is -2.06. The number of Topliss-reactive ketones (excluding diaryl/α,β-unsaturated/α-hetero) is 1. The lowest BCUT2D eigenvalue weighted by Crippen LogP contribution is -2.32. The fraction of sp³-hybridized carbons (Fsp3) is 0.0556. The Kier molecular flexibility index (Phi) is 4.29. The second kappa shape index (κ2) is 6.41. The zero-order valence-corrected chi connectivity index (χ0v) is 13.5. The molecule has 0 radical (unpaired) electrons. The van der Waals surface area contributed by atoms with E-state index in [1.54, 1.807) is 36.4 Å². The zero-order valence-electron chi connectivity index (χ0n) is 12.7. The van der Waals surface area contributed by atoms with Gasteiger partial charge in [0.1, 0.15) is 17.9 Å². The Labute approximate surface area is 147 Å². The number of carbonyl (C=O) groups excluding carboxylic acids is 2. The molecule has 1 amide bonds. The number of fused-ring (bicyclic) bond motifs is 1. The standard InChI is InChI=1S/C18H12ClNO5/c19-13-4-2-1-3-10(13)9-5-6-11-12(7-9)17(24)15(16(11)23)18(25)20-8-14(21)22/h1-7,23H,8H2,(H,20,25)(H,21,22). The van der Waals surface area contributed by atoms with E-state index in [0.29, 0.717) is 16.1 Å². The van der Waals surface area contributed by atoms with Crippen molar-refractivity contribution in [3.8, 4) is 11.1 Å². The average Bonchev–Trinajstić information content (AvgIpc) is 2.84. The monoisotopic (exact) mass is 357 g/mol. The van der Waals surface area contributed by atoms with E-state index in [4.69, 9.17) is 16.7 Å². The highest BCUT2D eigenvalue weighted by Gasteiger charge is 2.34. The van der Waals surface area contributed by atoms with Crippen molar-refractivity contribution in [3.63, 3.8) is 0 Å². The van der Waals surface area contributed by atoms with Crippen LogP contribution in [0.15, 0.2) is 48.0 Å². The molecule has 0 heterocycles. The van der Waals surface area contributed by atoms with Gasteiger partial charge >= 0.3 is 5.97 Å². The highest BCUT2D eigenvalue weighted by molar-refractivity contribution is 6.35. The van der Waals surface area contributed by atoms with Gasteiger partial charge in [-0.1, -0.05) is 35.9 Å². The van der Waals surface area contributed by atoms with E-state index in [-0.39, 0.29) is 11.1 Å². The van der Waals surface area contributed by atoms with E-state index >= 15 is 0 Å². The number of amides is 1. The molecule has 25 heavy (non-hydrogen) atoms. The first-order valence-corrected chi connectivity index (χ1v) is 7.65. The van der Waals surface area contributed by atoms with Crippen LogP contribution in [0, 0.1) is 0 Å². The first-order valence-electron chi connectivity index (χ1n) is 7.27. The molecular weight excluding hydrogens is 346 g/mol. The van der Waals surface area contributed by atoms with Gasteiger partial charge in [0.15, 0.2) is 0 Å². The SMILES string of the molecule is O=C(O)CNC(=O)C1=C(O)c2ccc(-c3ccccc3Cl)cc2C1=O. The van der Waals surface area contributed by atoms with Gasteiger partial charge in [-0.15, -0.1) is 0 Å². The third-order valence-electron chi connectivity index (χ3n) is 3.80. The van der Waals surface area contributed by atoms with E-state index in [2.05, 4.69) is 5.32 Å². The van der Waals surface area contributed by atoms with Crippen LogP contribution in [0.25, 0.3) is 16.9 Å². The van der Waals surface area contributed by atoms with Gasteiger partial charge in [0, 0.05) is 21.7 Å². The molecule has 1 aliphatic rings. The highest BCUT2D eigenvalue weighted by atomic mass is 35.5. The van der Waals surface area contributed by atoms with Crippen molar-refractivity contribution < 1.29 is 24.6 Å². The molecule has 0 saturated heterocycles. The number of carboxylic acids is 1. The van der Waals surface area contributed by atoms with E-state index < -0.39 is 35.5 Å². The molecule has 126 valence electrons. The Balaban J connectivity index is 1.97. The summed E-state index contributed by atoms with van der Waals surface area (Å²) in [6.07, 6.45) is 0. The largest absolute Gasteiger partial charge is 0.506 e. The van der Waals surface area contributed by atoms with E-state index in [9.17, 15) is 19.5 Å². The topological polar surface area (TPSA) is 104 Å². The Hall–Kier alpha value is -3.12. The number of benzene rings is 2. The summed E-state index contributed by atoms with van der Waals surface area (Å²) >= 11 is 6.16. The molecule has 0 atom stereocenters. The number of aliphatic hydroxyl groups is 1. The summed E-state index contributed by atoms with van der Waals surface area (Å²) in [7, 11) is 0. The lowest BCUT2D eigenvalue weighted by atomic mass is 9.99. The van der Waals surface area contributed by atoms with Gasteiger partial charge < -0.3 is 15.5 Å². The fourth-order valence-electron chi connectivity index (χ4n) is 2.63. The normalized spacial score (nSPS) is 12.9. The van der Waals surface area contributed by atoms with E-state index in [1.165, 1.54) is 6.07 Å². The lowest BCUT2D eigenvalue weighted by molar-refractivity contribution is -0.137. The van der Waals surface area contributed by atoms with Crippen molar-refractivity contribution >= 4 is 35.0 Å². The number of carboxylic acid groups (broad SMARTS) is 1. The summed E-state index contributed by atoms with van der Waals surface area (Å²) < 4.78 is 0. The quantitative estimate of drug-likeness (QED) is 0.730. The number of aliphatic hydroxyl groups excluding tert-OH is 1. The van der Waals surface area contributed by atoms with Crippen molar-refractivity contribution in [2.75, 3.05) is 6.54 Å². The van der Waals surface area contributed by atoms with Crippen LogP contribution in [-0.4, -0.2) is 34.4 Å². The highest BCUT2D eigenvalue weighted by Crippen LogP contribution is 2.36. The van der Waals surface area contributed by atoms with Crippen molar-refractivity contribution in [3.05, 3.63) is 64.2 Å². The predicted molar refractivity (Wildman–Crippen MR) is 91.4 cm³/mol. The van der Waals surface area contributed by atoms with Crippen LogP contribution < -0.4 is 5.32 Å². The van der Waals surface area contributed by atoms with Crippen LogP contribution in [0.3, 0.4) is 0 Å². The van der Waals surface area contributed by atoms with Crippen LogP contribution in [0.4, 0.5) is 0 Å². The minimum Gasteiger partial charge on any atom is -0.506 e. The molecule has 7 heteroatoms.